The summed E-state index contributed by atoms with van der Waals surface area (Å²) in [5.74, 6) is 0.183. The van der Waals surface area contributed by atoms with Gasteiger partial charge in [-0.1, -0.05) is 25.4 Å². The smallest absolute Gasteiger partial charge is 0.250 e. The van der Waals surface area contributed by atoms with E-state index < -0.39 is 0 Å². The topological polar surface area (TPSA) is 64.3 Å². The van der Waals surface area contributed by atoms with Crippen molar-refractivity contribution in [2.45, 2.75) is 13.8 Å². The summed E-state index contributed by atoms with van der Waals surface area (Å²) < 4.78 is 5.21. The Kier molecular flexibility index (Phi) is 5.25. The van der Waals surface area contributed by atoms with Gasteiger partial charge in [-0.3, -0.25) is 4.79 Å². The lowest BCUT2D eigenvalue weighted by Crippen LogP contribution is -2.20. The number of nitrogen functional groups attached to an aromatic ring is 1. The molecule has 1 amide bonds. The first-order valence-electron chi connectivity index (χ1n) is 5.41. The Hall–Kier alpha value is -1.26. The summed E-state index contributed by atoms with van der Waals surface area (Å²) in [6, 6.07) is 4.92. The van der Waals surface area contributed by atoms with Crippen LogP contribution in [0.1, 0.15) is 13.8 Å². The number of hydrogen-bond donors (Lipinski definition) is 2. The molecule has 0 bridgehead atoms. The quantitative estimate of drug-likeness (QED) is 0.796. The van der Waals surface area contributed by atoms with E-state index in [-0.39, 0.29) is 12.5 Å². The number of nitrogens with two attached hydrogens (primary N) is 1. The Bertz CT molecular complexity index is 394. The molecule has 17 heavy (non-hydrogen) atoms. The van der Waals surface area contributed by atoms with Gasteiger partial charge in [0.2, 0.25) is 5.91 Å². The Balaban J connectivity index is 2.45. The summed E-state index contributed by atoms with van der Waals surface area (Å²) in [7, 11) is 0. The van der Waals surface area contributed by atoms with Crippen LogP contribution in [-0.4, -0.2) is 19.1 Å². The zero-order valence-electron chi connectivity index (χ0n) is 10.00. The van der Waals surface area contributed by atoms with Crippen molar-refractivity contribution in [2.24, 2.45) is 5.92 Å². The fraction of sp³-hybridized carbons (Fsp3) is 0.417. The summed E-state index contributed by atoms with van der Waals surface area (Å²) in [5.41, 5.74) is 6.69. The fourth-order valence-corrected chi connectivity index (χ4v) is 1.40. The van der Waals surface area contributed by atoms with E-state index in [0.717, 1.165) is 0 Å². The van der Waals surface area contributed by atoms with E-state index in [1.54, 1.807) is 18.2 Å². The van der Waals surface area contributed by atoms with Gasteiger partial charge in [-0.2, -0.15) is 0 Å². The van der Waals surface area contributed by atoms with Crippen molar-refractivity contribution in [3.63, 3.8) is 0 Å². The van der Waals surface area contributed by atoms with Gasteiger partial charge in [-0.25, -0.2) is 0 Å². The van der Waals surface area contributed by atoms with Gasteiger partial charge >= 0.3 is 0 Å². The predicted molar refractivity (Wildman–Crippen MR) is 70.2 cm³/mol. The number of halogens is 1. The molecule has 0 radical (unpaired) electrons. The monoisotopic (exact) mass is 256 g/mol. The molecule has 0 spiro atoms. The van der Waals surface area contributed by atoms with Gasteiger partial charge in [0.05, 0.1) is 11.4 Å². The summed E-state index contributed by atoms with van der Waals surface area (Å²) in [5, 5.41) is 3.20. The second kappa shape index (κ2) is 6.47. The number of rotatable bonds is 5. The van der Waals surface area contributed by atoms with Gasteiger partial charge in [0.25, 0.3) is 0 Å². The van der Waals surface area contributed by atoms with Crippen molar-refractivity contribution >= 4 is 28.9 Å². The van der Waals surface area contributed by atoms with Crippen LogP contribution in [0.15, 0.2) is 18.2 Å². The molecule has 0 saturated heterocycles. The van der Waals surface area contributed by atoms with E-state index in [0.29, 0.717) is 28.9 Å². The highest BCUT2D eigenvalue weighted by atomic mass is 35.5. The highest BCUT2D eigenvalue weighted by molar-refractivity contribution is 6.31. The predicted octanol–water partition coefficient (Wildman–Crippen LogP) is 2.53. The van der Waals surface area contributed by atoms with Crippen molar-refractivity contribution < 1.29 is 9.53 Å². The minimum atomic E-state index is -0.223. The Morgan fingerprint density at radius 3 is 2.82 bits per heavy atom. The molecule has 94 valence electrons. The number of amides is 1. The molecule has 1 aromatic carbocycles. The van der Waals surface area contributed by atoms with Gasteiger partial charge in [0.15, 0.2) is 0 Å². The van der Waals surface area contributed by atoms with E-state index in [2.05, 4.69) is 5.32 Å². The minimum Gasteiger partial charge on any atom is -0.397 e. The van der Waals surface area contributed by atoms with Crippen LogP contribution in [0.3, 0.4) is 0 Å². The fourth-order valence-electron chi connectivity index (χ4n) is 1.22. The maximum atomic E-state index is 11.5. The molecule has 0 heterocycles. The van der Waals surface area contributed by atoms with Crippen LogP contribution in [0.5, 0.6) is 0 Å². The van der Waals surface area contributed by atoms with Crippen LogP contribution in [0.4, 0.5) is 11.4 Å². The van der Waals surface area contributed by atoms with E-state index in [1.807, 2.05) is 13.8 Å². The third kappa shape index (κ3) is 5.06. The van der Waals surface area contributed by atoms with Crippen molar-refractivity contribution in [3.05, 3.63) is 23.2 Å². The number of carbonyl (C=O) groups excluding carboxylic acids is 1. The molecular weight excluding hydrogens is 240 g/mol. The number of nitrogens with one attached hydrogen (secondary N) is 1. The van der Waals surface area contributed by atoms with E-state index in [1.165, 1.54) is 0 Å². The maximum absolute atomic E-state index is 11.5. The van der Waals surface area contributed by atoms with Crippen LogP contribution in [0.25, 0.3) is 0 Å². The first-order chi connectivity index (χ1) is 7.99. The lowest BCUT2D eigenvalue weighted by atomic mass is 10.2. The van der Waals surface area contributed by atoms with Crippen LogP contribution in [0, 0.1) is 5.92 Å². The number of carbonyl (C=O) groups is 1. The molecule has 1 aromatic rings. The molecule has 0 fully saturated rings. The lowest BCUT2D eigenvalue weighted by Gasteiger charge is -2.09. The van der Waals surface area contributed by atoms with Gasteiger partial charge in [-0.15, -0.1) is 0 Å². The molecule has 0 atom stereocenters. The Morgan fingerprint density at radius 2 is 2.24 bits per heavy atom. The number of benzene rings is 1. The molecule has 4 nitrogen and oxygen atoms in total. The van der Waals surface area contributed by atoms with Crippen molar-refractivity contribution in [1.82, 2.24) is 0 Å². The van der Waals surface area contributed by atoms with Crippen molar-refractivity contribution in [2.75, 3.05) is 24.3 Å². The second-order valence-electron chi connectivity index (χ2n) is 4.19. The number of ether oxygens (including phenoxy) is 1. The van der Waals surface area contributed by atoms with Gasteiger partial charge < -0.3 is 15.8 Å². The molecule has 0 aliphatic rings. The number of anilines is 2. The molecule has 5 heteroatoms. The van der Waals surface area contributed by atoms with Crippen LogP contribution >= 0.6 is 11.6 Å². The van der Waals surface area contributed by atoms with Crippen molar-refractivity contribution in [1.29, 1.82) is 0 Å². The van der Waals surface area contributed by atoms with E-state index >= 15 is 0 Å². The number of hydrogen-bond acceptors (Lipinski definition) is 3. The summed E-state index contributed by atoms with van der Waals surface area (Å²) in [6.07, 6.45) is 0. The first-order valence-corrected chi connectivity index (χ1v) is 5.79. The Labute approximate surface area is 106 Å². The third-order valence-corrected chi connectivity index (χ3v) is 2.21. The highest BCUT2D eigenvalue weighted by Gasteiger charge is 2.06. The molecule has 3 N–H and O–H groups in total. The minimum absolute atomic E-state index is 0.0280. The standard InChI is InChI=1S/C12H17ClN2O2/c1-8(2)6-17-7-12(16)15-11-4-3-9(13)5-10(11)14/h3-5,8H,6-7,14H2,1-2H3,(H,15,16). The summed E-state index contributed by atoms with van der Waals surface area (Å²) in [6.45, 7) is 4.63. The molecular formula is C12H17ClN2O2. The molecule has 1 rings (SSSR count). The first kappa shape index (κ1) is 13.8. The molecule has 0 aliphatic carbocycles. The largest absolute Gasteiger partial charge is 0.397 e. The average molecular weight is 257 g/mol. The van der Waals surface area contributed by atoms with Crippen LogP contribution in [-0.2, 0) is 9.53 Å². The normalized spacial score (nSPS) is 10.6. The summed E-state index contributed by atoms with van der Waals surface area (Å²) in [4.78, 5) is 11.5. The van der Waals surface area contributed by atoms with Crippen LogP contribution in [0.2, 0.25) is 5.02 Å². The van der Waals surface area contributed by atoms with Gasteiger partial charge in [-0.05, 0) is 24.1 Å². The molecule has 0 aliphatic heterocycles. The highest BCUT2D eigenvalue weighted by Crippen LogP contribution is 2.22. The molecule has 0 aromatic heterocycles. The van der Waals surface area contributed by atoms with Gasteiger partial charge in [0.1, 0.15) is 6.61 Å². The maximum Gasteiger partial charge on any atom is 0.250 e. The third-order valence-electron chi connectivity index (χ3n) is 1.97. The zero-order chi connectivity index (χ0) is 12.8. The Morgan fingerprint density at radius 1 is 1.53 bits per heavy atom. The molecule has 0 unspecified atom stereocenters. The van der Waals surface area contributed by atoms with Gasteiger partial charge in [0, 0.05) is 11.6 Å². The second-order valence-corrected chi connectivity index (χ2v) is 4.63. The average Bonchev–Trinajstić information content (AvgIpc) is 2.21. The van der Waals surface area contributed by atoms with Crippen molar-refractivity contribution in [3.8, 4) is 0 Å². The summed E-state index contributed by atoms with van der Waals surface area (Å²) >= 11 is 5.75. The lowest BCUT2D eigenvalue weighted by molar-refractivity contribution is -0.120. The van der Waals surface area contributed by atoms with E-state index in [9.17, 15) is 4.79 Å². The molecule has 0 saturated carbocycles. The van der Waals surface area contributed by atoms with Crippen LogP contribution < -0.4 is 11.1 Å². The van der Waals surface area contributed by atoms with E-state index in [4.69, 9.17) is 22.1 Å². The zero-order valence-corrected chi connectivity index (χ0v) is 10.8. The SMILES string of the molecule is CC(C)COCC(=O)Nc1ccc(Cl)cc1N.